The van der Waals surface area contributed by atoms with Crippen molar-refractivity contribution in [3.8, 4) is 6.07 Å². The van der Waals surface area contributed by atoms with E-state index in [-0.39, 0.29) is 0 Å². The molecule has 18 heavy (non-hydrogen) atoms. The number of amides is 1. The lowest BCUT2D eigenvalue weighted by Gasteiger charge is -2.08. The molecule has 1 rings (SSSR count). The zero-order valence-corrected chi connectivity index (χ0v) is 10.4. The van der Waals surface area contributed by atoms with Crippen LogP contribution in [0.2, 0.25) is 0 Å². The summed E-state index contributed by atoms with van der Waals surface area (Å²) in [4.78, 5) is 10.4. The fourth-order valence-corrected chi connectivity index (χ4v) is 1.56. The molecule has 92 valence electrons. The highest BCUT2D eigenvalue weighted by molar-refractivity contribution is 5.80. The summed E-state index contributed by atoms with van der Waals surface area (Å²) in [5.41, 5.74) is 3.02. The van der Waals surface area contributed by atoms with Crippen molar-refractivity contribution >= 4 is 17.7 Å². The van der Waals surface area contributed by atoms with Gasteiger partial charge in [0, 0.05) is 24.5 Å². The molecule has 0 fully saturated rings. The van der Waals surface area contributed by atoms with Crippen molar-refractivity contribution < 1.29 is 4.79 Å². The zero-order valence-electron chi connectivity index (χ0n) is 10.4. The van der Waals surface area contributed by atoms with Gasteiger partial charge in [0.15, 0.2) is 0 Å². The highest BCUT2D eigenvalue weighted by Crippen LogP contribution is 2.23. The molecule has 0 bridgehead atoms. The topological polar surface area (TPSA) is 64.9 Å². The molecule has 0 atom stereocenters. The smallest absolute Gasteiger partial charge is 0.211 e. The molecule has 4 heteroatoms. The van der Waals surface area contributed by atoms with Crippen LogP contribution in [0.4, 0.5) is 5.69 Å². The predicted octanol–water partition coefficient (Wildman–Crippen LogP) is 2.26. The largest absolute Gasteiger partial charge is 0.388 e. The summed E-state index contributed by atoms with van der Waals surface area (Å²) in [5.74, 6) is 0. The first-order chi connectivity index (χ1) is 8.76. The maximum absolute atomic E-state index is 10.4. The maximum atomic E-state index is 10.4. The zero-order chi connectivity index (χ0) is 13.4. The molecule has 1 aromatic rings. The van der Waals surface area contributed by atoms with E-state index in [1.165, 1.54) is 0 Å². The summed E-state index contributed by atoms with van der Waals surface area (Å²) in [6, 6.07) is 7.60. The van der Waals surface area contributed by atoms with E-state index in [9.17, 15) is 4.79 Å². The van der Waals surface area contributed by atoms with Gasteiger partial charge in [0.05, 0.1) is 11.6 Å². The van der Waals surface area contributed by atoms with Crippen LogP contribution in [0.5, 0.6) is 0 Å². The van der Waals surface area contributed by atoms with Crippen LogP contribution < -0.4 is 10.6 Å². The highest BCUT2D eigenvalue weighted by Gasteiger charge is 2.06. The van der Waals surface area contributed by atoms with E-state index >= 15 is 0 Å². The number of nitriles is 1. The van der Waals surface area contributed by atoms with Gasteiger partial charge in [-0.05, 0) is 30.7 Å². The minimum atomic E-state index is 0.561. The van der Waals surface area contributed by atoms with Crippen molar-refractivity contribution in [2.24, 2.45) is 0 Å². The van der Waals surface area contributed by atoms with E-state index < -0.39 is 0 Å². The Labute approximate surface area is 107 Å². The minimum Gasteiger partial charge on any atom is -0.388 e. The van der Waals surface area contributed by atoms with Gasteiger partial charge in [0.2, 0.25) is 6.41 Å². The van der Waals surface area contributed by atoms with Crippen molar-refractivity contribution in [3.63, 3.8) is 0 Å². The molecule has 1 aromatic carbocycles. The van der Waals surface area contributed by atoms with E-state index in [2.05, 4.69) is 16.7 Å². The van der Waals surface area contributed by atoms with Crippen LogP contribution in [0, 0.1) is 11.3 Å². The highest BCUT2D eigenvalue weighted by atomic mass is 16.1. The van der Waals surface area contributed by atoms with Crippen LogP contribution in [-0.2, 0) is 4.79 Å². The fraction of sp³-hybridized carbons (Fsp3) is 0.143. The number of anilines is 1. The lowest BCUT2D eigenvalue weighted by atomic mass is 9.99. The third-order valence-corrected chi connectivity index (χ3v) is 2.39. The van der Waals surface area contributed by atoms with E-state index in [0.717, 1.165) is 16.8 Å². The molecule has 0 radical (unpaired) electrons. The number of hydrogen-bond acceptors (Lipinski definition) is 3. The molecule has 1 amide bonds. The average Bonchev–Trinajstić information content (AvgIpc) is 2.42. The second-order valence-electron chi connectivity index (χ2n) is 3.51. The summed E-state index contributed by atoms with van der Waals surface area (Å²) in [7, 11) is 1.81. The fourth-order valence-electron chi connectivity index (χ4n) is 1.56. The van der Waals surface area contributed by atoms with Crippen molar-refractivity contribution in [2.75, 3.05) is 12.4 Å². The van der Waals surface area contributed by atoms with Crippen molar-refractivity contribution in [2.45, 2.75) is 6.92 Å². The second kappa shape index (κ2) is 6.92. The van der Waals surface area contributed by atoms with Crippen LogP contribution in [-0.4, -0.2) is 13.5 Å². The summed E-state index contributed by atoms with van der Waals surface area (Å²) in [6.07, 6.45) is 5.86. The summed E-state index contributed by atoms with van der Waals surface area (Å²) in [5, 5.41) is 14.6. The van der Waals surface area contributed by atoms with Crippen LogP contribution in [0.15, 0.2) is 36.6 Å². The van der Waals surface area contributed by atoms with Crippen LogP contribution in [0.1, 0.15) is 18.1 Å². The first-order valence-corrected chi connectivity index (χ1v) is 5.51. The molecule has 0 aliphatic heterocycles. The lowest BCUT2D eigenvalue weighted by Crippen LogP contribution is -2.02. The van der Waals surface area contributed by atoms with Gasteiger partial charge in [0.25, 0.3) is 0 Å². The Morgan fingerprint density at radius 1 is 1.44 bits per heavy atom. The molecule has 0 unspecified atom stereocenters. The third-order valence-electron chi connectivity index (χ3n) is 2.39. The first-order valence-electron chi connectivity index (χ1n) is 5.51. The Balaban J connectivity index is 3.33. The predicted molar refractivity (Wildman–Crippen MR) is 72.7 cm³/mol. The standard InChI is InChI=1S/C14H15N3O/c1-3-4-12(9-17-10-18)14-7-13(16-2)6-5-11(14)8-15/h3-7,9-10,16H,1-2H3,(H,17,18)/b4-3-,12-9+. The molecule has 0 saturated carbocycles. The molecular weight excluding hydrogens is 226 g/mol. The van der Waals surface area contributed by atoms with Gasteiger partial charge in [-0.1, -0.05) is 12.2 Å². The number of carbonyl (C=O) groups excluding carboxylic acids is 1. The Hall–Kier alpha value is -2.54. The molecular formula is C14H15N3O. The number of allylic oxidation sites excluding steroid dienone is 3. The number of nitrogens with zero attached hydrogens (tertiary/aromatic N) is 1. The second-order valence-corrected chi connectivity index (χ2v) is 3.51. The molecule has 0 saturated heterocycles. The minimum absolute atomic E-state index is 0.561. The molecule has 0 heterocycles. The Morgan fingerprint density at radius 2 is 2.22 bits per heavy atom. The Bertz CT molecular complexity index is 524. The number of nitrogens with one attached hydrogen (secondary N) is 2. The summed E-state index contributed by atoms with van der Waals surface area (Å²) < 4.78 is 0. The van der Waals surface area contributed by atoms with Gasteiger partial charge >= 0.3 is 0 Å². The number of hydrogen-bond donors (Lipinski definition) is 2. The van der Waals surface area contributed by atoms with E-state index in [1.54, 1.807) is 12.3 Å². The van der Waals surface area contributed by atoms with Gasteiger partial charge in [-0.3, -0.25) is 4.79 Å². The number of carbonyl (C=O) groups is 1. The molecule has 0 aliphatic rings. The summed E-state index contributed by atoms with van der Waals surface area (Å²) in [6.45, 7) is 1.88. The number of rotatable bonds is 5. The quantitative estimate of drug-likeness (QED) is 0.614. The van der Waals surface area contributed by atoms with Crippen LogP contribution in [0.3, 0.4) is 0 Å². The van der Waals surface area contributed by atoms with Crippen molar-refractivity contribution in [3.05, 3.63) is 47.7 Å². The van der Waals surface area contributed by atoms with Crippen molar-refractivity contribution in [1.29, 1.82) is 5.26 Å². The van der Waals surface area contributed by atoms with E-state index in [1.807, 2.05) is 38.3 Å². The first kappa shape index (κ1) is 13.5. The third kappa shape index (κ3) is 3.22. The molecule has 0 aliphatic carbocycles. The maximum Gasteiger partial charge on any atom is 0.211 e. The summed E-state index contributed by atoms with van der Waals surface area (Å²) >= 11 is 0. The normalized spacial score (nSPS) is 11.1. The Morgan fingerprint density at radius 3 is 2.78 bits per heavy atom. The number of benzene rings is 1. The van der Waals surface area contributed by atoms with Gasteiger partial charge < -0.3 is 10.6 Å². The average molecular weight is 241 g/mol. The van der Waals surface area contributed by atoms with Crippen molar-refractivity contribution in [1.82, 2.24) is 5.32 Å². The monoisotopic (exact) mass is 241 g/mol. The van der Waals surface area contributed by atoms with Gasteiger partial charge in [-0.25, -0.2) is 0 Å². The van der Waals surface area contributed by atoms with Crippen LogP contribution in [0.25, 0.3) is 5.57 Å². The van der Waals surface area contributed by atoms with Gasteiger partial charge in [-0.2, -0.15) is 5.26 Å². The molecule has 4 nitrogen and oxygen atoms in total. The molecule has 0 spiro atoms. The van der Waals surface area contributed by atoms with E-state index in [4.69, 9.17) is 5.26 Å². The Kier molecular flexibility index (Phi) is 5.20. The molecule has 0 aromatic heterocycles. The van der Waals surface area contributed by atoms with Gasteiger partial charge in [-0.15, -0.1) is 0 Å². The lowest BCUT2D eigenvalue weighted by molar-refractivity contribution is -0.108. The van der Waals surface area contributed by atoms with Crippen LogP contribution >= 0.6 is 0 Å². The molecule has 2 N–H and O–H groups in total. The SMILES string of the molecule is C/C=C\C(=C/NC=O)c1cc(NC)ccc1C#N. The van der Waals surface area contributed by atoms with Gasteiger partial charge in [0.1, 0.15) is 0 Å². The van der Waals surface area contributed by atoms with E-state index in [0.29, 0.717) is 12.0 Å².